The van der Waals surface area contributed by atoms with E-state index in [9.17, 15) is 8.42 Å². The van der Waals surface area contributed by atoms with Crippen LogP contribution in [0.2, 0.25) is 0 Å². The number of rotatable bonds is 6. The second kappa shape index (κ2) is 6.36. The molecule has 2 rings (SSSR count). The molecule has 6 nitrogen and oxygen atoms in total. The smallest absolute Gasteiger partial charge is 0.278 e. The molecular weight excluding hydrogens is 300 g/mol. The minimum atomic E-state index is -3.36. The van der Waals surface area contributed by atoms with Crippen molar-refractivity contribution in [2.24, 2.45) is 7.05 Å². The van der Waals surface area contributed by atoms with Gasteiger partial charge in [0.25, 0.3) is 10.2 Å². The number of hydrogen-bond acceptors (Lipinski definition) is 3. The highest BCUT2D eigenvalue weighted by atomic mass is 32.2. The molecule has 0 amide bonds. The van der Waals surface area contributed by atoms with Gasteiger partial charge in [-0.3, -0.25) is 0 Å². The van der Waals surface area contributed by atoms with Crippen molar-refractivity contribution in [3.8, 4) is 0 Å². The van der Waals surface area contributed by atoms with Crippen molar-refractivity contribution in [2.45, 2.75) is 26.2 Å². The van der Waals surface area contributed by atoms with E-state index >= 15 is 0 Å². The molecule has 122 valence electrons. The van der Waals surface area contributed by atoms with Crippen LogP contribution >= 0.6 is 0 Å². The minimum absolute atomic E-state index is 0.368. The van der Waals surface area contributed by atoms with Gasteiger partial charge in [-0.15, -0.1) is 0 Å². The van der Waals surface area contributed by atoms with Crippen molar-refractivity contribution in [1.82, 2.24) is 18.6 Å². The zero-order valence-corrected chi connectivity index (χ0v) is 14.6. The highest BCUT2D eigenvalue weighted by Crippen LogP contribution is 2.21. The van der Waals surface area contributed by atoms with Crippen molar-refractivity contribution < 1.29 is 8.42 Å². The molecule has 0 spiro atoms. The Morgan fingerprint density at radius 2 is 2.00 bits per heavy atom. The topological polar surface area (TPSA) is 67.2 Å². The van der Waals surface area contributed by atoms with Gasteiger partial charge in [0, 0.05) is 33.6 Å². The van der Waals surface area contributed by atoms with E-state index in [2.05, 4.69) is 28.1 Å². The first-order valence-electron chi connectivity index (χ1n) is 7.34. The van der Waals surface area contributed by atoms with Crippen LogP contribution in [0, 0.1) is 0 Å². The molecule has 1 aromatic heterocycles. The lowest BCUT2D eigenvalue weighted by Gasteiger charge is -2.12. The molecule has 0 aliphatic rings. The monoisotopic (exact) mass is 324 g/mol. The second-order valence-electron chi connectivity index (χ2n) is 5.94. The zero-order valence-electron chi connectivity index (χ0n) is 13.8. The van der Waals surface area contributed by atoms with E-state index in [1.54, 1.807) is 0 Å². The normalized spacial score (nSPS) is 12.7. The summed E-state index contributed by atoms with van der Waals surface area (Å²) in [5.74, 6) is 1.42. The second-order valence-corrected chi connectivity index (χ2v) is 7.91. The summed E-state index contributed by atoms with van der Waals surface area (Å²) in [7, 11) is 1.68. The molecule has 1 heterocycles. The van der Waals surface area contributed by atoms with Crippen molar-refractivity contribution >= 4 is 21.2 Å². The molecule has 0 saturated heterocycles. The van der Waals surface area contributed by atoms with Crippen LogP contribution in [-0.4, -0.2) is 42.9 Å². The van der Waals surface area contributed by atoms with E-state index < -0.39 is 10.2 Å². The first-order chi connectivity index (χ1) is 10.2. The van der Waals surface area contributed by atoms with Gasteiger partial charge in [-0.1, -0.05) is 19.9 Å². The van der Waals surface area contributed by atoms with Crippen LogP contribution < -0.4 is 4.72 Å². The maximum Gasteiger partial charge on any atom is 0.278 e. The number of imidazole rings is 1. The third-order valence-electron chi connectivity index (χ3n) is 3.68. The Balaban J connectivity index is 2.14. The predicted octanol–water partition coefficient (Wildman–Crippen LogP) is 1.64. The lowest BCUT2D eigenvalue weighted by atomic mass is 10.1. The zero-order chi connectivity index (χ0) is 16.5. The molecule has 1 N–H and O–H groups in total. The SMILES string of the molecule is CC(C)c1nc2cc(CCNS(=O)(=O)N(C)C)ccc2n1C. The third-order valence-corrected chi connectivity index (χ3v) is 5.21. The maximum atomic E-state index is 11.7. The molecular formula is C15H24N4O2S. The highest BCUT2D eigenvalue weighted by molar-refractivity contribution is 7.87. The Kier molecular flexibility index (Phi) is 4.89. The van der Waals surface area contributed by atoms with Gasteiger partial charge in [-0.25, -0.2) is 9.71 Å². The van der Waals surface area contributed by atoms with Gasteiger partial charge in [-0.2, -0.15) is 12.7 Å². The van der Waals surface area contributed by atoms with Gasteiger partial charge in [-0.05, 0) is 24.1 Å². The van der Waals surface area contributed by atoms with Gasteiger partial charge in [0.05, 0.1) is 11.0 Å². The lowest BCUT2D eigenvalue weighted by Crippen LogP contribution is -2.36. The molecule has 0 radical (unpaired) electrons. The maximum absolute atomic E-state index is 11.7. The number of hydrogen-bond donors (Lipinski definition) is 1. The minimum Gasteiger partial charge on any atom is -0.331 e. The highest BCUT2D eigenvalue weighted by Gasteiger charge is 2.13. The largest absolute Gasteiger partial charge is 0.331 e. The third kappa shape index (κ3) is 3.48. The molecule has 1 aromatic carbocycles. The van der Waals surface area contributed by atoms with Crippen molar-refractivity contribution in [1.29, 1.82) is 0 Å². The molecule has 0 aliphatic carbocycles. The molecule has 0 atom stereocenters. The summed E-state index contributed by atoms with van der Waals surface area (Å²) in [5.41, 5.74) is 3.13. The van der Waals surface area contributed by atoms with E-state index in [4.69, 9.17) is 0 Å². The Hall–Kier alpha value is -1.44. The molecule has 2 aromatic rings. The number of nitrogens with zero attached hydrogens (tertiary/aromatic N) is 3. The summed E-state index contributed by atoms with van der Waals surface area (Å²) in [6.07, 6.45) is 0.636. The van der Waals surface area contributed by atoms with Gasteiger partial charge < -0.3 is 4.57 Å². The summed E-state index contributed by atoms with van der Waals surface area (Å²) < 4.78 is 29.2. The van der Waals surface area contributed by atoms with Crippen molar-refractivity contribution in [3.05, 3.63) is 29.6 Å². The molecule has 0 fully saturated rings. The van der Waals surface area contributed by atoms with Crippen LogP contribution in [0.4, 0.5) is 0 Å². The number of nitrogens with one attached hydrogen (secondary N) is 1. The molecule has 0 aliphatic heterocycles. The summed E-state index contributed by atoms with van der Waals surface area (Å²) in [6.45, 7) is 4.62. The van der Waals surface area contributed by atoms with Crippen LogP contribution in [0.3, 0.4) is 0 Å². The van der Waals surface area contributed by atoms with E-state index in [-0.39, 0.29) is 0 Å². The van der Waals surface area contributed by atoms with Crippen LogP contribution in [0.1, 0.15) is 31.2 Å². The molecule has 0 unspecified atom stereocenters. The van der Waals surface area contributed by atoms with Crippen LogP contribution in [0.15, 0.2) is 18.2 Å². The Labute approximate surface area is 132 Å². The first-order valence-corrected chi connectivity index (χ1v) is 8.78. The lowest BCUT2D eigenvalue weighted by molar-refractivity contribution is 0.506. The van der Waals surface area contributed by atoms with Crippen molar-refractivity contribution in [3.63, 3.8) is 0 Å². The molecule has 0 bridgehead atoms. The van der Waals surface area contributed by atoms with Crippen LogP contribution in [0.5, 0.6) is 0 Å². The fourth-order valence-electron chi connectivity index (χ4n) is 2.39. The predicted molar refractivity (Wildman–Crippen MR) is 89.1 cm³/mol. The average Bonchev–Trinajstić information content (AvgIpc) is 2.75. The Morgan fingerprint density at radius 3 is 2.59 bits per heavy atom. The number of benzene rings is 1. The summed E-state index contributed by atoms with van der Waals surface area (Å²) in [4.78, 5) is 4.67. The average molecular weight is 324 g/mol. The van der Waals surface area contributed by atoms with Crippen molar-refractivity contribution in [2.75, 3.05) is 20.6 Å². The van der Waals surface area contributed by atoms with E-state index in [1.807, 2.05) is 25.2 Å². The molecule has 0 saturated carbocycles. The van der Waals surface area contributed by atoms with E-state index in [0.29, 0.717) is 18.9 Å². The van der Waals surface area contributed by atoms with E-state index in [1.165, 1.54) is 18.4 Å². The number of aromatic nitrogens is 2. The summed E-state index contributed by atoms with van der Waals surface area (Å²) in [5, 5.41) is 0. The molecule has 22 heavy (non-hydrogen) atoms. The van der Waals surface area contributed by atoms with Crippen LogP contribution in [0.25, 0.3) is 11.0 Å². The van der Waals surface area contributed by atoms with Gasteiger partial charge in [0.2, 0.25) is 0 Å². The number of aryl methyl sites for hydroxylation is 1. The summed E-state index contributed by atoms with van der Waals surface area (Å²) >= 11 is 0. The van der Waals surface area contributed by atoms with Gasteiger partial charge in [0.1, 0.15) is 5.82 Å². The standard InChI is InChI=1S/C15H24N4O2S/c1-11(2)15-17-13-10-12(6-7-14(13)19(15)5)8-9-16-22(20,21)18(3)4/h6-7,10-11,16H,8-9H2,1-5H3. The molecule has 7 heteroatoms. The number of fused-ring (bicyclic) bond motifs is 1. The quantitative estimate of drug-likeness (QED) is 0.878. The van der Waals surface area contributed by atoms with Crippen LogP contribution in [-0.2, 0) is 23.7 Å². The van der Waals surface area contributed by atoms with Gasteiger partial charge >= 0.3 is 0 Å². The fraction of sp³-hybridized carbons (Fsp3) is 0.533. The Morgan fingerprint density at radius 1 is 1.32 bits per heavy atom. The Bertz CT molecular complexity index is 763. The first kappa shape index (κ1) is 16.9. The van der Waals surface area contributed by atoms with Gasteiger partial charge in [0.15, 0.2) is 0 Å². The van der Waals surface area contributed by atoms with E-state index in [0.717, 1.165) is 22.4 Å². The fourth-order valence-corrected chi connectivity index (χ4v) is 3.01. The summed E-state index contributed by atoms with van der Waals surface area (Å²) in [6, 6.07) is 6.10.